The molecule has 10 heteroatoms. The van der Waals surface area contributed by atoms with Crippen LogP contribution < -0.4 is 21.1 Å². The number of fused-ring (bicyclic) bond motifs is 1. The first-order valence-corrected chi connectivity index (χ1v) is 10.9. The predicted molar refractivity (Wildman–Crippen MR) is 129 cm³/mol. The summed E-state index contributed by atoms with van der Waals surface area (Å²) in [6.45, 7) is 5.37. The smallest absolute Gasteiger partial charge is 0.273 e. The molecule has 0 aliphatic rings. The highest BCUT2D eigenvalue weighted by molar-refractivity contribution is 6.06. The van der Waals surface area contributed by atoms with Gasteiger partial charge >= 0.3 is 0 Å². The van der Waals surface area contributed by atoms with Crippen molar-refractivity contribution in [3.8, 4) is 11.8 Å². The number of methoxy groups -OCH3 is 1. The van der Waals surface area contributed by atoms with E-state index in [0.717, 1.165) is 11.1 Å². The van der Waals surface area contributed by atoms with Gasteiger partial charge in [0.05, 0.1) is 37.3 Å². The lowest BCUT2D eigenvalue weighted by Crippen LogP contribution is -2.54. The number of hydrogen-bond acceptors (Lipinski definition) is 6. The summed E-state index contributed by atoms with van der Waals surface area (Å²) in [6.07, 6.45) is 0. The van der Waals surface area contributed by atoms with Gasteiger partial charge < -0.3 is 21.1 Å². The van der Waals surface area contributed by atoms with Crippen LogP contribution in [0.3, 0.4) is 0 Å². The maximum Gasteiger partial charge on any atom is 0.273 e. The monoisotopic (exact) mass is 476 g/mol. The van der Waals surface area contributed by atoms with Gasteiger partial charge in [-0.1, -0.05) is 45.0 Å². The van der Waals surface area contributed by atoms with Crippen molar-refractivity contribution >= 4 is 28.6 Å². The molecular formula is C25H28N6O4. The number of carbonyl (C=O) groups excluding carboxylic acids is 3. The molecular weight excluding hydrogens is 448 g/mol. The average Bonchev–Trinajstić information content (AvgIpc) is 3.19. The summed E-state index contributed by atoms with van der Waals surface area (Å²) in [6, 6.07) is 13.5. The van der Waals surface area contributed by atoms with Gasteiger partial charge in [0.1, 0.15) is 11.8 Å². The molecule has 0 saturated carbocycles. The summed E-state index contributed by atoms with van der Waals surface area (Å²) < 4.78 is 7.11. The van der Waals surface area contributed by atoms with Crippen molar-refractivity contribution in [2.24, 2.45) is 11.1 Å². The number of para-hydroxylation sites is 1. The van der Waals surface area contributed by atoms with Crippen molar-refractivity contribution in [1.29, 1.82) is 5.26 Å². The molecule has 0 saturated heterocycles. The minimum atomic E-state index is -0.933. The zero-order valence-corrected chi connectivity index (χ0v) is 20.1. The van der Waals surface area contributed by atoms with E-state index >= 15 is 0 Å². The van der Waals surface area contributed by atoms with Crippen LogP contribution in [-0.2, 0) is 16.1 Å². The molecule has 2 aromatic carbocycles. The summed E-state index contributed by atoms with van der Waals surface area (Å²) in [7, 11) is 1.52. The molecule has 1 heterocycles. The fourth-order valence-electron chi connectivity index (χ4n) is 3.67. The summed E-state index contributed by atoms with van der Waals surface area (Å²) in [4.78, 5) is 37.1. The van der Waals surface area contributed by atoms with Crippen LogP contribution in [-0.4, -0.2) is 47.2 Å². The maximum absolute atomic E-state index is 13.3. The Morgan fingerprint density at radius 2 is 1.91 bits per heavy atom. The maximum atomic E-state index is 13.3. The van der Waals surface area contributed by atoms with Gasteiger partial charge in [0.25, 0.3) is 5.91 Å². The molecule has 35 heavy (non-hydrogen) atoms. The van der Waals surface area contributed by atoms with E-state index < -0.39 is 29.2 Å². The Morgan fingerprint density at radius 3 is 2.54 bits per heavy atom. The molecule has 0 aliphatic heterocycles. The number of nitrogens with zero attached hydrogens (tertiary/aromatic N) is 3. The lowest BCUT2D eigenvalue weighted by Gasteiger charge is -2.30. The molecule has 0 spiro atoms. The number of ether oxygens (including phenoxy) is 1. The van der Waals surface area contributed by atoms with Crippen molar-refractivity contribution in [2.75, 3.05) is 13.7 Å². The van der Waals surface area contributed by atoms with E-state index in [2.05, 4.69) is 21.8 Å². The van der Waals surface area contributed by atoms with Crippen molar-refractivity contribution in [3.63, 3.8) is 0 Å². The first-order chi connectivity index (χ1) is 16.5. The zero-order chi connectivity index (χ0) is 25.8. The number of carbonyl (C=O) groups is 3. The van der Waals surface area contributed by atoms with Crippen LogP contribution in [0.15, 0.2) is 42.5 Å². The molecule has 10 nitrogen and oxygen atoms in total. The van der Waals surface area contributed by atoms with Gasteiger partial charge in [-0.2, -0.15) is 10.4 Å². The first-order valence-electron chi connectivity index (χ1n) is 10.9. The van der Waals surface area contributed by atoms with Crippen LogP contribution in [0.4, 0.5) is 0 Å². The van der Waals surface area contributed by atoms with Crippen LogP contribution in [0.2, 0.25) is 0 Å². The molecule has 3 rings (SSSR count). The van der Waals surface area contributed by atoms with Gasteiger partial charge in [0, 0.05) is 10.9 Å². The zero-order valence-electron chi connectivity index (χ0n) is 20.1. The number of nitriles is 1. The topological polar surface area (TPSA) is 152 Å². The van der Waals surface area contributed by atoms with Crippen LogP contribution in [0.5, 0.6) is 5.75 Å². The Balaban J connectivity index is 1.95. The van der Waals surface area contributed by atoms with E-state index in [4.69, 9.17) is 15.7 Å². The van der Waals surface area contributed by atoms with E-state index in [1.165, 1.54) is 7.11 Å². The molecule has 0 radical (unpaired) electrons. The van der Waals surface area contributed by atoms with E-state index in [9.17, 15) is 14.4 Å². The quantitative estimate of drug-likeness (QED) is 0.450. The number of rotatable bonds is 8. The molecule has 4 N–H and O–H groups in total. The minimum absolute atomic E-state index is 0.158. The third kappa shape index (κ3) is 5.76. The third-order valence-corrected chi connectivity index (χ3v) is 5.45. The summed E-state index contributed by atoms with van der Waals surface area (Å²) in [5.74, 6) is -1.19. The summed E-state index contributed by atoms with van der Waals surface area (Å²) in [5.41, 5.74) is 6.61. The fraction of sp³-hybridized carbons (Fsp3) is 0.320. The molecule has 1 atom stereocenters. The second-order valence-corrected chi connectivity index (χ2v) is 9.12. The second kappa shape index (κ2) is 10.3. The SMILES string of the molecule is COc1cc(C#N)ccc1Cn1nc(C(=O)N[C@H](C(=O)NCC(N)=O)C(C)(C)C)c2ccccc21. The highest BCUT2D eigenvalue weighted by Crippen LogP contribution is 2.25. The van der Waals surface area contributed by atoms with Gasteiger partial charge in [0.2, 0.25) is 11.8 Å². The van der Waals surface area contributed by atoms with E-state index in [0.29, 0.717) is 23.2 Å². The van der Waals surface area contributed by atoms with Crippen LogP contribution in [0, 0.1) is 16.7 Å². The van der Waals surface area contributed by atoms with Gasteiger partial charge in [-0.05, 0) is 23.6 Å². The van der Waals surface area contributed by atoms with Gasteiger partial charge in [-0.25, -0.2) is 0 Å². The number of amides is 3. The van der Waals surface area contributed by atoms with Crippen LogP contribution in [0.25, 0.3) is 10.9 Å². The van der Waals surface area contributed by atoms with Crippen molar-refractivity contribution in [3.05, 3.63) is 59.3 Å². The van der Waals surface area contributed by atoms with Gasteiger partial charge in [0.15, 0.2) is 5.69 Å². The Labute approximate surface area is 203 Å². The Kier molecular flexibility index (Phi) is 7.40. The summed E-state index contributed by atoms with van der Waals surface area (Å²) >= 11 is 0. The highest BCUT2D eigenvalue weighted by Gasteiger charge is 2.34. The van der Waals surface area contributed by atoms with Crippen molar-refractivity contribution < 1.29 is 19.1 Å². The van der Waals surface area contributed by atoms with Gasteiger partial charge in [-0.15, -0.1) is 0 Å². The first kappa shape index (κ1) is 25.2. The lowest BCUT2D eigenvalue weighted by atomic mass is 9.86. The number of aromatic nitrogens is 2. The molecule has 3 amide bonds. The largest absolute Gasteiger partial charge is 0.496 e. The molecule has 0 fully saturated rings. The molecule has 182 valence electrons. The van der Waals surface area contributed by atoms with Crippen LogP contribution in [0.1, 0.15) is 42.4 Å². The fourth-order valence-corrected chi connectivity index (χ4v) is 3.67. The lowest BCUT2D eigenvalue weighted by molar-refractivity contribution is -0.128. The predicted octanol–water partition coefficient (Wildman–Crippen LogP) is 1.71. The van der Waals surface area contributed by atoms with Gasteiger partial charge in [-0.3, -0.25) is 19.1 Å². The number of hydrogen-bond donors (Lipinski definition) is 3. The van der Waals surface area contributed by atoms with E-state index in [1.54, 1.807) is 55.8 Å². The Morgan fingerprint density at radius 1 is 1.20 bits per heavy atom. The average molecular weight is 477 g/mol. The minimum Gasteiger partial charge on any atom is -0.496 e. The molecule has 3 aromatic rings. The molecule has 0 aliphatic carbocycles. The standard InChI is InChI=1S/C25H28N6O4/c1-25(2,3)22(24(34)28-13-20(27)32)29-23(33)21-17-7-5-6-8-18(17)31(30-21)14-16-10-9-15(12-26)11-19(16)35-4/h5-11,22H,13-14H2,1-4H3,(H2,27,32)(H,28,34)(H,29,33)/t22-/m1/s1. The molecule has 0 bridgehead atoms. The highest BCUT2D eigenvalue weighted by atomic mass is 16.5. The van der Waals surface area contributed by atoms with E-state index in [-0.39, 0.29) is 12.2 Å². The summed E-state index contributed by atoms with van der Waals surface area (Å²) in [5, 5.41) is 19.5. The Bertz CT molecular complexity index is 1320. The molecule has 1 aromatic heterocycles. The molecule has 0 unspecified atom stereocenters. The third-order valence-electron chi connectivity index (χ3n) is 5.45. The number of nitrogens with one attached hydrogen (secondary N) is 2. The van der Waals surface area contributed by atoms with E-state index in [1.807, 2.05) is 12.1 Å². The van der Waals surface area contributed by atoms with Crippen molar-refractivity contribution in [1.82, 2.24) is 20.4 Å². The normalized spacial score (nSPS) is 12.0. The Hall–Kier alpha value is -4.39. The second-order valence-electron chi connectivity index (χ2n) is 9.12. The number of nitrogens with two attached hydrogens (primary N) is 1. The van der Waals surface area contributed by atoms with Crippen LogP contribution >= 0.6 is 0 Å². The number of primary amides is 1. The van der Waals surface area contributed by atoms with Crippen molar-refractivity contribution in [2.45, 2.75) is 33.4 Å². The number of benzene rings is 2.